The van der Waals surface area contributed by atoms with Crippen molar-refractivity contribution in [3.8, 4) is 0 Å². The van der Waals surface area contributed by atoms with Crippen LogP contribution in [-0.2, 0) is 0 Å². The van der Waals surface area contributed by atoms with E-state index in [1.165, 1.54) is 7.14 Å². The van der Waals surface area contributed by atoms with Gasteiger partial charge < -0.3 is 7.43 Å². The van der Waals surface area contributed by atoms with Crippen molar-refractivity contribution in [1.29, 1.82) is 0 Å². The lowest BCUT2D eigenvalue weighted by Gasteiger charge is -1.84. The van der Waals surface area contributed by atoms with E-state index in [0.717, 1.165) is 0 Å². The van der Waals surface area contributed by atoms with Crippen LogP contribution in [0.15, 0.2) is 60.7 Å². The Morgan fingerprint density at radius 3 is 1.11 bits per heavy atom. The minimum atomic E-state index is 0. The van der Waals surface area contributed by atoms with E-state index in [2.05, 4.69) is 60.7 Å². The molecule has 0 aliphatic heterocycles. The Hall–Kier alpha value is -0.830. The Morgan fingerprint density at radius 1 is 0.556 bits per heavy atom. The first kappa shape index (κ1) is 19.5. The van der Waals surface area contributed by atoms with E-state index < -0.39 is 0 Å². The maximum atomic E-state index is 2.21. The molecule has 2 rings (SSSR count). The van der Waals surface area contributed by atoms with Crippen molar-refractivity contribution in [2.45, 2.75) is 27.7 Å². The Morgan fingerprint density at radius 2 is 0.833 bits per heavy atom. The van der Waals surface area contributed by atoms with Gasteiger partial charge in [-0.3, -0.25) is 0 Å². The number of halogens is 1. The van der Waals surface area contributed by atoms with Crippen molar-refractivity contribution in [2.24, 2.45) is 0 Å². The summed E-state index contributed by atoms with van der Waals surface area (Å²) in [6.45, 7) is 8.00. The highest BCUT2D eigenvalue weighted by Gasteiger charge is 2.12. The first-order valence-electron chi connectivity index (χ1n) is 6.20. The average Bonchev–Trinajstić information content (AvgIpc) is 2.45. The summed E-state index contributed by atoms with van der Waals surface area (Å²) in [6, 6.07) is 21.4. The molecule has 0 aromatic heterocycles. The lowest BCUT2D eigenvalue weighted by Crippen LogP contribution is -3.61. The van der Waals surface area contributed by atoms with Crippen LogP contribution in [0.3, 0.4) is 0 Å². The molecule has 0 aliphatic rings. The maximum absolute atomic E-state index is 2.21. The van der Waals surface area contributed by atoms with E-state index in [-0.39, 0.29) is 28.6 Å². The molecule has 0 atom stereocenters. The van der Waals surface area contributed by atoms with Gasteiger partial charge in [0, 0.05) is 0 Å². The van der Waals surface area contributed by atoms with Gasteiger partial charge in [-0.2, -0.15) is 0 Å². The smallest absolute Gasteiger partial charge is 0.357 e. The van der Waals surface area contributed by atoms with E-state index in [9.17, 15) is 0 Å². The molecule has 0 spiro atoms. The SMILES string of the molecule is CC.CC.[CH3-].c1ccc([I+]c2ccccc2)cc1. The summed E-state index contributed by atoms with van der Waals surface area (Å²) < 4.78 is 2.96. The van der Waals surface area contributed by atoms with Crippen molar-refractivity contribution in [3.63, 3.8) is 0 Å². The van der Waals surface area contributed by atoms with Gasteiger partial charge in [0.05, 0.1) is 0 Å². The van der Waals surface area contributed by atoms with Gasteiger partial charge in [-0.05, 0) is 24.3 Å². The first-order valence-corrected chi connectivity index (χ1v) is 8.36. The number of hydrogen-bond acceptors (Lipinski definition) is 0. The maximum Gasteiger partial charge on any atom is 0.357 e. The average molecular weight is 356 g/mol. The fourth-order valence-corrected chi connectivity index (χ4v) is 3.35. The highest BCUT2D eigenvalue weighted by molar-refractivity contribution is 5.02. The summed E-state index contributed by atoms with van der Waals surface area (Å²) >= 11 is 0.0287. The van der Waals surface area contributed by atoms with Crippen molar-refractivity contribution in [1.82, 2.24) is 0 Å². The van der Waals surface area contributed by atoms with E-state index in [0.29, 0.717) is 0 Å². The summed E-state index contributed by atoms with van der Waals surface area (Å²) in [6.07, 6.45) is 0. The van der Waals surface area contributed by atoms with Gasteiger partial charge in [0.1, 0.15) is 0 Å². The third-order valence-electron chi connectivity index (χ3n) is 1.68. The van der Waals surface area contributed by atoms with Gasteiger partial charge in [0.2, 0.25) is 0 Å². The molecule has 2 aromatic rings. The van der Waals surface area contributed by atoms with Crippen LogP contribution in [0.2, 0.25) is 0 Å². The molecule has 0 radical (unpaired) electrons. The third-order valence-corrected chi connectivity index (χ3v) is 4.37. The van der Waals surface area contributed by atoms with Crippen molar-refractivity contribution < 1.29 is 21.2 Å². The summed E-state index contributed by atoms with van der Waals surface area (Å²) in [5.74, 6) is 0. The van der Waals surface area contributed by atoms with Gasteiger partial charge in [0.15, 0.2) is 7.14 Å². The zero-order valence-electron chi connectivity index (χ0n) is 12.2. The van der Waals surface area contributed by atoms with E-state index in [1.807, 2.05) is 27.7 Å². The Bertz CT molecular complexity index is 316. The minimum Gasteiger partial charge on any atom is -0.358 e. The molecule has 0 fully saturated rings. The van der Waals surface area contributed by atoms with Crippen LogP contribution in [0, 0.1) is 14.6 Å². The van der Waals surface area contributed by atoms with Crippen LogP contribution in [0.4, 0.5) is 0 Å². The topological polar surface area (TPSA) is 0 Å². The molecular weight excluding hydrogens is 331 g/mol. The zero-order valence-corrected chi connectivity index (χ0v) is 14.3. The van der Waals surface area contributed by atoms with Crippen LogP contribution in [-0.4, -0.2) is 0 Å². The van der Waals surface area contributed by atoms with Crippen molar-refractivity contribution in [3.05, 3.63) is 75.2 Å². The largest absolute Gasteiger partial charge is 0.358 e. The second kappa shape index (κ2) is 14.2. The van der Waals surface area contributed by atoms with Crippen LogP contribution in [0.25, 0.3) is 0 Å². The molecule has 18 heavy (non-hydrogen) atoms. The predicted octanol–water partition coefficient (Wildman–Crippen LogP) is 2.32. The molecule has 100 valence electrons. The van der Waals surface area contributed by atoms with Gasteiger partial charge in [-0.1, -0.05) is 64.1 Å². The Labute approximate surface area is 124 Å². The summed E-state index contributed by atoms with van der Waals surface area (Å²) in [7, 11) is 0. The van der Waals surface area contributed by atoms with Gasteiger partial charge in [0.25, 0.3) is 0 Å². The molecule has 0 saturated heterocycles. The lowest BCUT2D eigenvalue weighted by atomic mass is 10.4. The predicted molar refractivity (Wildman–Crippen MR) is 79.4 cm³/mol. The minimum absolute atomic E-state index is 0. The standard InChI is InChI=1S/C12H10I.2C2H6.CH3/c1-3-7-11(8-4-1)13-12-9-5-2-6-10-12;2*1-2;/h1-10H;2*1-2H3;1H3/q+1;;;-1. The molecule has 0 unspecified atom stereocenters. The summed E-state index contributed by atoms with van der Waals surface area (Å²) in [5, 5.41) is 0. The molecule has 0 N–H and O–H groups in total. The molecule has 0 heterocycles. The van der Waals surface area contributed by atoms with Crippen molar-refractivity contribution >= 4 is 0 Å². The molecule has 0 saturated carbocycles. The fraction of sp³-hybridized carbons (Fsp3) is 0.235. The van der Waals surface area contributed by atoms with Gasteiger partial charge >= 0.3 is 21.2 Å². The quantitative estimate of drug-likeness (QED) is 0.572. The van der Waals surface area contributed by atoms with Crippen LogP contribution >= 0.6 is 0 Å². The number of benzene rings is 2. The van der Waals surface area contributed by atoms with Gasteiger partial charge in [-0.25, -0.2) is 0 Å². The molecule has 0 amide bonds. The van der Waals surface area contributed by atoms with Crippen molar-refractivity contribution in [2.75, 3.05) is 0 Å². The highest BCUT2D eigenvalue weighted by atomic mass is 127. The van der Waals surface area contributed by atoms with Gasteiger partial charge in [-0.15, -0.1) is 0 Å². The van der Waals surface area contributed by atoms with E-state index in [4.69, 9.17) is 0 Å². The fourth-order valence-electron chi connectivity index (χ4n) is 1.08. The second-order valence-corrected chi connectivity index (χ2v) is 5.72. The van der Waals surface area contributed by atoms with Crippen LogP contribution in [0.5, 0.6) is 0 Å². The summed E-state index contributed by atoms with van der Waals surface area (Å²) in [4.78, 5) is 0. The Balaban J connectivity index is 0. The molecule has 0 bridgehead atoms. The molecular formula is C17H25I. The highest BCUT2D eigenvalue weighted by Crippen LogP contribution is 1.85. The number of rotatable bonds is 2. The van der Waals surface area contributed by atoms with Crippen LogP contribution in [0.1, 0.15) is 27.7 Å². The molecule has 1 heteroatoms. The molecule has 2 aromatic carbocycles. The monoisotopic (exact) mass is 356 g/mol. The second-order valence-electron chi connectivity index (χ2n) is 2.69. The molecule has 0 aliphatic carbocycles. The molecule has 0 nitrogen and oxygen atoms in total. The van der Waals surface area contributed by atoms with E-state index in [1.54, 1.807) is 0 Å². The van der Waals surface area contributed by atoms with E-state index >= 15 is 0 Å². The normalized spacial score (nSPS) is 7.78. The lowest BCUT2D eigenvalue weighted by molar-refractivity contribution is -0.597. The summed E-state index contributed by atoms with van der Waals surface area (Å²) in [5.41, 5.74) is 0. The zero-order chi connectivity index (χ0) is 12.9. The van der Waals surface area contributed by atoms with Crippen LogP contribution < -0.4 is 21.2 Å². The Kier molecular flexibility index (Phi) is 15.4. The first-order chi connectivity index (χ1) is 8.45. The third kappa shape index (κ3) is 8.29. The number of hydrogen-bond donors (Lipinski definition) is 0.